The number of hydrogen-bond acceptors (Lipinski definition) is 7. The summed E-state index contributed by atoms with van der Waals surface area (Å²) in [7, 11) is 3.56. The van der Waals surface area contributed by atoms with E-state index in [1.807, 2.05) is 17.7 Å². The molecule has 0 bridgehead atoms. The molecule has 0 aliphatic rings. The van der Waals surface area contributed by atoms with Crippen LogP contribution in [0.5, 0.6) is 0 Å². The van der Waals surface area contributed by atoms with Crippen LogP contribution in [0.25, 0.3) is 0 Å². The first-order valence-corrected chi connectivity index (χ1v) is 12.2. The Bertz CT molecular complexity index is 462. The van der Waals surface area contributed by atoms with Crippen molar-refractivity contribution in [3.05, 3.63) is 0 Å². The fraction of sp³-hybridized carbons (Fsp3) is 0.850. The molecule has 0 saturated carbocycles. The SMILES string of the molecule is CCC#CCNC(=O)CCOCCOCCOC(C)(C)SSCCNC(C)C.[HH].[HH]. The molecule has 0 aromatic heterocycles. The van der Waals surface area contributed by atoms with Crippen molar-refractivity contribution in [1.29, 1.82) is 0 Å². The zero-order valence-corrected chi connectivity index (χ0v) is 19.7. The summed E-state index contributed by atoms with van der Waals surface area (Å²) in [4.78, 5) is 11.3. The Morgan fingerprint density at radius 2 is 1.79 bits per heavy atom. The zero-order valence-electron chi connectivity index (χ0n) is 18.1. The monoisotopic (exact) mass is 438 g/mol. The van der Waals surface area contributed by atoms with E-state index in [1.165, 1.54) is 0 Å². The first-order chi connectivity index (χ1) is 13.4. The molecule has 0 atom stereocenters. The summed E-state index contributed by atoms with van der Waals surface area (Å²) >= 11 is 0. The minimum absolute atomic E-state index is 0. The summed E-state index contributed by atoms with van der Waals surface area (Å²) < 4.78 is 16.8. The number of amides is 1. The topological polar surface area (TPSA) is 68.8 Å². The molecule has 0 unspecified atom stereocenters. The fourth-order valence-corrected chi connectivity index (χ4v) is 4.04. The summed E-state index contributed by atoms with van der Waals surface area (Å²) in [5.74, 6) is 6.78. The van der Waals surface area contributed by atoms with E-state index in [1.54, 1.807) is 10.8 Å². The van der Waals surface area contributed by atoms with E-state index in [9.17, 15) is 4.79 Å². The highest BCUT2D eigenvalue weighted by Gasteiger charge is 2.19. The van der Waals surface area contributed by atoms with Crippen LogP contribution in [0, 0.1) is 11.8 Å². The average Bonchev–Trinajstić information content (AvgIpc) is 2.63. The van der Waals surface area contributed by atoms with Gasteiger partial charge in [-0.3, -0.25) is 4.79 Å². The van der Waals surface area contributed by atoms with E-state index in [4.69, 9.17) is 14.2 Å². The van der Waals surface area contributed by atoms with Crippen molar-refractivity contribution in [3.8, 4) is 11.8 Å². The highest BCUT2D eigenvalue weighted by atomic mass is 33.1. The Hall–Kier alpha value is -0.430. The van der Waals surface area contributed by atoms with Gasteiger partial charge < -0.3 is 24.8 Å². The number of rotatable bonds is 17. The van der Waals surface area contributed by atoms with Crippen molar-refractivity contribution in [1.82, 2.24) is 10.6 Å². The third kappa shape index (κ3) is 20.3. The Balaban J connectivity index is -0.00000364. The quantitative estimate of drug-likeness (QED) is 0.156. The number of hydrogen-bond donors (Lipinski definition) is 2. The number of carbonyl (C=O) groups excluding carboxylic acids is 1. The van der Waals surface area contributed by atoms with Crippen molar-refractivity contribution in [2.75, 3.05) is 51.9 Å². The molecule has 0 saturated heterocycles. The largest absolute Gasteiger partial charge is 0.379 e. The van der Waals surface area contributed by atoms with Crippen LogP contribution in [-0.4, -0.2) is 68.8 Å². The first kappa shape index (κ1) is 27.6. The summed E-state index contributed by atoms with van der Waals surface area (Å²) in [6.07, 6.45) is 1.14. The third-order valence-corrected chi connectivity index (χ3v) is 6.26. The molecule has 0 rings (SSSR count). The maximum Gasteiger partial charge on any atom is 0.223 e. The van der Waals surface area contributed by atoms with E-state index in [0.717, 1.165) is 18.7 Å². The van der Waals surface area contributed by atoms with Gasteiger partial charge in [0.05, 0.1) is 39.6 Å². The van der Waals surface area contributed by atoms with Gasteiger partial charge in [0.1, 0.15) is 4.93 Å². The Morgan fingerprint density at radius 3 is 2.46 bits per heavy atom. The highest BCUT2D eigenvalue weighted by Crippen LogP contribution is 2.36. The summed E-state index contributed by atoms with van der Waals surface area (Å²) in [6.45, 7) is 14.3. The van der Waals surface area contributed by atoms with Crippen LogP contribution in [0.1, 0.15) is 50.3 Å². The van der Waals surface area contributed by atoms with Crippen LogP contribution in [0.2, 0.25) is 0 Å². The third-order valence-electron chi connectivity index (χ3n) is 3.20. The molecule has 0 aliphatic carbocycles. The molecule has 6 nitrogen and oxygen atoms in total. The molecule has 0 spiro atoms. The van der Waals surface area contributed by atoms with Crippen molar-refractivity contribution in [2.24, 2.45) is 0 Å². The lowest BCUT2D eigenvalue weighted by Crippen LogP contribution is -2.25. The van der Waals surface area contributed by atoms with Gasteiger partial charge >= 0.3 is 0 Å². The van der Waals surface area contributed by atoms with E-state index in [2.05, 4.69) is 50.2 Å². The maximum absolute atomic E-state index is 11.5. The second-order valence-electron chi connectivity index (χ2n) is 6.72. The fourth-order valence-electron chi connectivity index (χ4n) is 1.85. The number of ether oxygens (including phenoxy) is 3. The van der Waals surface area contributed by atoms with Crippen LogP contribution in [0.3, 0.4) is 0 Å². The van der Waals surface area contributed by atoms with Crippen LogP contribution in [0.15, 0.2) is 0 Å². The van der Waals surface area contributed by atoms with E-state index >= 15 is 0 Å². The first-order valence-electron chi connectivity index (χ1n) is 9.93. The van der Waals surface area contributed by atoms with Gasteiger partial charge in [0.2, 0.25) is 5.91 Å². The second kappa shape index (κ2) is 18.6. The minimum Gasteiger partial charge on any atom is -0.379 e. The average molecular weight is 439 g/mol. The van der Waals surface area contributed by atoms with Gasteiger partial charge in [0, 0.05) is 34.0 Å². The molecule has 0 aliphatic heterocycles. The molecule has 168 valence electrons. The maximum atomic E-state index is 11.5. The number of nitrogens with one attached hydrogen (secondary N) is 2. The standard InChI is InChI=1S/C20H38N2O4S2.2H2/c1-6-7-8-10-22-19(23)9-12-24-13-14-25-15-16-26-20(4,5)28-27-17-11-21-18(2)3;;/h18,21H,6,9-17H2,1-5H3,(H,22,23);2*1H. The minimum atomic E-state index is -0.239. The molecule has 0 radical (unpaired) electrons. The predicted molar refractivity (Wildman–Crippen MR) is 125 cm³/mol. The van der Waals surface area contributed by atoms with E-state index in [0.29, 0.717) is 52.0 Å². The molecule has 0 fully saturated rings. The lowest BCUT2D eigenvalue weighted by molar-refractivity contribution is -0.122. The Labute approximate surface area is 182 Å². The lowest BCUT2D eigenvalue weighted by Gasteiger charge is -2.24. The van der Waals surface area contributed by atoms with Gasteiger partial charge in [0.25, 0.3) is 0 Å². The lowest BCUT2D eigenvalue weighted by atomic mass is 10.4. The zero-order chi connectivity index (χ0) is 21.1. The molecule has 1 amide bonds. The number of carbonyl (C=O) groups is 1. The van der Waals surface area contributed by atoms with E-state index < -0.39 is 0 Å². The van der Waals surface area contributed by atoms with Crippen molar-refractivity contribution < 1.29 is 21.9 Å². The van der Waals surface area contributed by atoms with Crippen molar-refractivity contribution >= 4 is 27.5 Å². The van der Waals surface area contributed by atoms with Gasteiger partial charge in [-0.2, -0.15) is 0 Å². The van der Waals surface area contributed by atoms with Gasteiger partial charge in [-0.25, -0.2) is 0 Å². The van der Waals surface area contributed by atoms with Gasteiger partial charge in [-0.05, 0) is 13.8 Å². The normalized spacial score (nSPS) is 11.4. The van der Waals surface area contributed by atoms with Crippen LogP contribution >= 0.6 is 21.6 Å². The molecule has 0 aromatic rings. The molecule has 8 heteroatoms. The van der Waals surface area contributed by atoms with Gasteiger partial charge in [0.15, 0.2) is 0 Å². The van der Waals surface area contributed by atoms with Crippen LogP contribution < -0.4 is 10.6 Å². The summed E-state index contributed by atoms with van der Waals surface area (Å²) in [5, 5.41) is 6.13. The van der Waals surface area contributed by atoms with Crippen molar-refractivity contribution in [3.63, 3.8) is 0 Å². The van der Waals surface area contributed by atoms with Crippen LogP contribution in [0.4, 0.5) is 0 Å². The smallest absolute Gasteiger partial charge is 0.223 e. The molecular weight excluding hydrogens is 396 g/mol. The van der Waals surface area contributed by atoms with Crippen LogP contribution in [-0.2, 0) is 19.0 Å². The second-order valence-corrected chi connectivity index (χ2v) is 9.72. The Kier molecular flexibility index (Phi) is 18.3. The van der Waals surface area contributed by atoms with Crippen molar-refractivity contribution in [2.45, 2.75) is 58.4 Å². The highest BCUT2D eigenvalue weighted by molar-refractivity contribution is 8.77. The van der Waals surface area contributed by atoms with Gasteiger partial charge in [-0.15, -0.1) is 5.92 Å². The summed E-state index contributed by atoms with van der Waals surface area (Å²) in [5.41, 5.74) is 0. The van der Waals surface area contributed by atoms with Gasteiger partial charge in [-0.1, -0.05) is 48.3 Å². The Morgan fingerprint density at radius 1 is 1.11 bits per heavy atom. The van der Waals surface area contributed by atoms with E-state index in [-0.39, 0.29) is 13.7 Å². The molecule has 0 aromatic carbocycles. The predicted octanol–water partition coefficient (Wildman–Crippen LogP) is 3.56. The molecule has 2 N–H and O–H groups in total. The molecule has 28 heavy (non-hydrogen) atoms. The molecule has 0 heterocycles. The molecular formula is C20H42N2O4S2. The summed E-state index contributed by atoms with van der Waals surface area (Å²) in [6, 6.07) is 0.526.